The predicted octanol–water partition coefficient (Wildman–Crippen LogP) is 3.31. The maximum Gasteiger partial charge on any atom is 0.240 e. The summed E-state index contributed by atoms with van der Waals surface area (Å²) >= 11 is 0. The highest BCUT2D eigenvalue weighted by Crippen LogP contribution is 2.37. The molecule has 0 bridgehead atoms. The molecule has 0 heterocycles. The molecule has 2 aromatic carbocycles. The highest BCUT2D eigenvalue weighted by Gasteiger charge is 2.10. The van der Waals surface area contributed by atoms with Gasteiger partial charge >= 0.3 is 0 Å². The van der Waals surface area contributed by atoms with Gasteiger partial charge in [0, 0.05) is 11.6 Å². The molecule has 0 saturated carbocycles. The minimum Gasteiger partial charge on any atom is -0.496 e. The average molecular weight is 296 g/mol. The zero-order chi connectivity index (χ0) is 15.9. The largest absolute Gasteiger partial charge is 0.496 e. The van der Waals surface area contributed by atoms with E-state index in [-0.39, 0.29) is 0 Å². The van der Waals surface area contributed by atoms with Crippen LogP contribution < -0.4 is 9.47 Å². The van der Waals surface area contributed by atoms with Crippen molar-refractivity contribution in [1.29, 1.82) is 0 Å². The molecular weight excluding hydrogens is 284 g/mol. The Balaban J connectivity index is 2.56. The van der Waals surface area contributed by atoms with Crippen LogP contribution in [0.15, 0.2) is 46.4 Å². The smallest absolute Gasteiger partial charge is 0.240 e. The van der Waals surface area contributed by atoms with Crippen LogP contribution in [0, 0.1) is 0 Å². The minimum atomic E-state index is 0.391. The normalized spacial score (nSPS) is 9.36. The molecule has 22 heavy (non-hydrogen) atoms. The number of isocyanates is 2. The number of aliphatic imine (C=N–C) groups is 2. The molecule has 0 N–H and O–H groups in total. The van der Waals surface area contributed by atoms with Crippen LogP contribution in [0.4, 0.5) is 11.4 Å². The molecule has 0 saturated heterocycles. The van der Waals surface area contributed by atoms with Gasteiger partial charge in [0.2, 0.25) is 12.2 Å². The Morgan fingerprint density at radius 1 is 0.864 bits per heavy atom. The van der Waals surface area contributed by atoms with E-state index in [0.717, 1.165) is 11.1 Å². The zero-order valence-corrected chi connectivity index (χ0v) is 12.0. The maximum atomic E-state index is 10.4. The van der Waals surface area contributed by atoms with E-state index in [1.165, 1.54) is 26.4 Å². The van der Waals surface area contributed by atoms with E-state index in [1.807, 2.05) is 0 Å². The van der Waals surface area contributed by atoms with Gasteiger partial charge in [0.05, 0.1) is 19.9 Å². The van der Waals surface area contributed by atoms with Crippen LogP contribution in [0.1, 0.15) is 0 Å². The zero-order valence-electron chi connectivity index (χ0n) is 12.0. The summed E-state index contributed by atoms with van der Waals surface area (Å²) in [7, 11) is 3.01. The van der Waals surface area contributed by atoms with Crippen molar-refractivity contribution in [3.8, 4) is 22.6 Å². The maximum absolute atomic E-state index is 10.4. The number of methoxy groups -OCH3 is 2. The molecule has 0 atom stereocenters. The van der Waals surface area contributed by atoms with Crippen LogP contribution >= 0.6 is 0 Å². The van der Waals surface area contributed by atoms with Crippen LogP contribution in [-0.2, 0) is 9.59 Å². The minimum absolute atomic E-state index is 0.391. The number of hydrogen-bond acceptors (Lipinski definition) is 6. The molecule has 0 fully saturated rings. The molecular formula is C16H12N2O4. The summed E-state index contributed by atoms with van der Waals surface area (Å²) in [5, 5.41) is 0. The molecule has 0 aliphatic heterocycles. The second kappa shape index (κ2) is 6.99. The SMILES string of the molecule is COc1cc(-c2ccc(N=C=O)cc2OC)ccc1N=C=O. The number of ether oxygens (including phenoxy) is 2. The summed E-state index contributed by atoms with van der Waals surface area (Å²) in [4.78, 5) is 27.8. The van der Waals surface area contributed by atoms with Gasteiger partial charge in [-0.15, -0.1) is 0 Å². The number of carbonyl (C=O) groups excluding carboxylic acids is 2. The Hall–Kier alpha value is -3.20. The number of rotatable bonds is 5. The highest BCUT2D eigenvalue weighted by atomic mass is 16.5. The Labute approximate surface area is 126 Å². The van der Waals surface area contributed by atoms with Gasteiger partial charge in [-0.05, 0) is 29.8 Å². The van der Waals surface area contributed by atoms with Gasteiger partial charge in [-0.2, -0.15) is 9.98 Å². The fourth-order valence-electron chi connectivity index (χ4n) is 2.03. The molecule has 2 aromatic rings. The lowest BCUT2D eigenvalue weighted by molar-refractivity contribution is 0.414. The van der Waals surface area contributed by atoms with E-state index in [9.17, 15) is 9.59 Å². The van der Waals surface area contributed by atoms with Gasteiger partial charge in [0.15, 0.2) is 0 Å². The summed E-state index contributed by atoms with van der Waals surface area (Å²) in [6.07, 6.45) is 2.97. The van der Waals surface area contributed by atoms with E-state index >= 15 is 0 Å². The van der Waals surface area contributed by atoms with Gasteiger partial charge in [-0.25, -0.2) is 9.59 Å². The van der Waals surface area contributed by atoms with Gasteiger partial charge in [-0.3, -0.25) is 0 Å². The monoisotopic (exact) mass is 296 g/mol. The van der Waals surface area contributed by atoms with Crippen molar-refractivity contribution in [2.24, 2.45) is 9.98 Å². The molecule has 110 valence electrons. The Morgan fingerprint density at radius 3 is 2.23 bits per heavy atom. The van der Waals surface area contributed by atoms with Gasteiger partial charge in [-0.1, -0.05) is 6.07 Å². The highest BCUT2D eigenvalue weighted by molar-refractivity contribution is 5.76. The molecule has 0 aliphatic rings. The van der Waals surface area contributed by atoms with E-state index in [0.29, 0.717) is 22.9 Å². The van der Waals surface area contributed by atoms with E-state index in [2.05, 4.69) is 9.98 Å². The average Bonchev–Trinajstić information content (AvgIpc) is 2.55. The summed E-state index contributed by atoms with van der Waals surface area (Å²) in [6, 6.07) is 10.2. The predicted molar refractivity (Wildman–Crippen MR) is 80.5 cm³/mol. The quantitative estimate of drug-likeness (QED) is 0.626. The molecule has 0 radical (unpaired) electrons. The fraction of sp³-hybridized carbons (Fsp3) is 0.125. The number of benzene rings is 2. The van der Waals surface area contributed by atoms with E-state index in [4.69, 9.17) is 9.47 Å². The summed E-state index contributed by atoms with van der Waals surface area (Å²) in [6.45, 7) is 0. The third kappa shape index (κ3) is 3.10. The number of nitrogens with zero attached hydrogens (tertiary/aromatic N) is 2. The summed E-state index contributed by atoms with van der Waals surface area (Å²) in [5.74, 6) is 0.989. The molecule has 6 nitrogen and oxygen atoms in total. The lowest BCUT2D eigenvalue weighted by Crippen LogP contribution is -1.89. The van der Waals surface area contributed by atoms with Crippen molar-refractivity contribution in [3.05, 3.63) is 36.4 Å². The molecule has 6 heteroatoms. The van der Waals surface area contributed by atoms with Crippen LogP contribution in [0.5, 0.6) is 11.5 Å². The van der Waals surface area contributed by atoms with Crippen molar-refractivity contribution >= 4 is 23.5 Å². The Bertz CT molecular complexity index is 789. The standard InChI is InChI=1S/C16H12N2O4/c1-21-15-8-12(17-9-19)4-5-13(15)11-3-6-14(18-10-20)16(7-11)22-2/h3-8H,1-2H3. The van der Waals surface area contributed by atoms with Gasteiger partial charge in [0.1, 0.15) is 17.2 Å². The summed E-state index contributed by atoms with van der Waals surface area (Å²) < 4.78 is 10.5. The van der Waals surface area contributed by atoms with Gasteiger partial charge < -0.3 is 9.47 Å². The first-order valence-electron chi connectivity index (χ1n) is 6.25. The molecule has 2 rings (SSSR count). The van der Waals surface area contributed by atoms with Gasteiger partial charge in [0.25, 0.3) is 0 Å². The molecule has 0 aliphatic carbocycles. The fourth-order valence-corrected chi connectivity index (χ4v) is 2.03. The van der Waals surface area contributed by atoms with Crippen molar-refractivity contribution in [1.82, 2.24) is 0 Å². The first-order valence-corrected chi connectivity index (χ1v) is 6.25. The van der Waals surface area contributed by atoms with Crippen LogP contribution in [0.2, 0.25) is 0 Å². The van der Waals surface area contributed by atoms with E-state index in [1.54, 1.807) is 36.4 Å². The summed E-state index contributed by atoms with van der Waals surface area (Å²) in [5.41, 5.74) is 2.43. The molecule has 0 unspecified atom stereocenters. The lowest BCUT2D eigenvalue weighted by Gasteiger charge is -2.11. The first-order chi connectivity index (χ1) is 10.7. The van der Waals surface area contributed by atoms with E-state index < -0.39 is 0 Å². The number of hydrogen-bond donors (Lipinski definition) is 0. The topological polar surface area (TPSA) is 77.3 Å². The van der Waals surface area contributed by atoms with Crippen LogP contribution in [-0.4, -0.2) is 26.4 Å². The lowest BCUT2D eigenvalue weighted by atomic mass is 10.0. The van der Waals surface area contributed by atoms with Crippen molar-refractivity contribution in [2.75, 3.05) is 14.2 Å². The molecule has 0 aromatic heterocycles. The van der Waals surface area contributed by atoms with Crippen molar-refractivity contribution in [2.45, 2.75) is 0 Å². The Morgan fingerprint density at radius 2 is 1.59 bits per heavy atom. The first kappa shape index (κ1) is 15.2. The van der Waals surface area contributed by atoms with Crippen molar-refractivity contribution < 1.29 is 19.1 Å². The second-order valence-electron chi connectivity index (χ2n) is 4.18. The van der Waals surface area contributed by atoms with Crippen molar-refractivity contribution in [3.63, 3.8) is 0 Å². The third-order valence-corrected chi connectivity index (χ3v) is 3.02. The third-order valence-electron chi connectivity index (χ3n) is 3.02. The Kier molecular flexibility index (Phi) is 4.83. The second-order valence-corrected chi connectivity index (χ2v) is 4.18. The van der Waals surface area contributed by atoms with Crippen LogP contribution in [0.3, 0.4) is 0 Å². The van der Waals surface area contributed by atoms with Crippen LogP contribution in [0.25, 0.3) is 11.1 Å². The molecule has 0 spiro atoms. The molecule has 0 amide bonds.